The Morgan fingerprint density at radius 3 is 2.68 bits per heavy atom. The van der Waals surface area contributed by atoms with Crippen LogP contribution in [0.1, 0.15) is 42.5 Å². The molecule has 0 radical (unpaired) electrons. The maximum absolute atomic E-state index is 12.7. The van der Waals surface area contributed by atoms with Crippen molar-refractivity contribution in [2.75, 3.05) is 38.1 Å². The molecular formula is C19H27N3O3. The molecule has 136 valence electrons. The molecular weight excluding hydrogens is 318 g/mol. The zero-order chi connectivity index (χ0) is 17.5. The minimum atomic E-state index is -0.142. The molecule has 2 N–H and O–H groups in total. The number of likely N-dealkylation sites (tertiary alicyclic amines) is 1. The van der Waals surface area contributed by atoms with Crippen LogP contribution in [-0.2, 0) is 9.53 Å². The van der Waals surface area contributed by atoms with Crippen LogP contribution in [0.2, 0.25) is 0 Å². The molecule has 1 unspecified atom stereocenters. The van der Waals surface area contributed by atoms with Crippen LogP contribution < -0.4 is 10.6 Å². The highest BCUT2D eigenvalue weighted by molar-refractivity contribution is 6.04. The van der Waals surface area contributed by atoms with Crippen LogP contribution in [0, 0.1) is 0 Å². The Morgan fingerprint density at radius 2 is 1.92 bits per heavy atom. The molecule has 2 aliphatic rings. The number of hydrogen-bond acceptors (Lipinski definition) is 4. The zero-order valence-electron chi connectivity index (χ0n) is 14.6. The summed E-state index contributed by atoms with van der Waals surface area (Å²) < 4.78 is 5.53. The second-order valence-corrected chi connectivity index (χ2v) is 6.71. The number of hydrogen-bond donors (Lipinski definition) is 2. The zero-order valence-corrected chi connectivity index (χ0v) is 14.6. The maximum atomic E-state index is 12.7. The molecule has 2 amide bonds. The van der Waals surface area contributed by atoms with Crippen molar-refractivity contribution in [3.63, 3.8) is 0 Å². The summed E-state index contributed by atoms with van der Waals surface area (Å²) in [6, 6.07) is 7.24. The summed E-state index contributed by atoms with van der Waals surface area (Å²) in [7, 11) is 0. The highest BCUT2D eigenvalue weighted by Crippen LogP contribution is 2.20. The van der Waals surface area contributed by atoms with Gasteiger partial charge in [0.05, 0.1) is 23.9 Å². The van der Waals surface area contributed by atoms with Crippen LogP contribution in [0.4, 0.5) is 5.69 Å². The van der Waals surface area contributed by atoms with Crippen molar-refractivity contribution in [2.24, 2.45) is 0 Å². The van der Waals surface area contributed by atoms with Gasteiger partial charge in [0.2, 0.25) is 5.91 Å². The maximum Gasteiger partial charge on any atom is 0.255 e. The number of nitrogens with one attached hydrogen (secondary N) is 2. The molecule has 6 nitrogen and oxygen atoms in total. The van der Waals surface area contributed by atoms with E-state index in [1.54, 1.807) is 12.1 Å². The molecule has 0 aromatic heterocycles. The molecule has 0 bridgehead atoms. The van der Waals surface area contributed by atoms with E-state index in [2.05, 4.69) is 10.6 Å². The Balaban J connectivity index is 1.54. The average Bonchev–Trinajstić information content (AvgIpc) is 3.16. The average molecular weight is 345 g/mol. The highest BCUT2D eigenvalue weighted by Gasteiger charge is 2.21. The first kappa shape index (κ1) is 17.9. The van der Waals surface area contributed by atoms with E-state index in [1.807, 2.05) is 17.0 Å². The summed E-state index contributed by atoms with van der Waals surface area (Å²) in [5.41, 5.74) is 1.15. The standard InChI is InChI=1S/C19H27N3O3/c23-18(14-20-13-15-7-6-12-25-15)21-17-9-3-2-8-16(17)19(24)22-10-4-1-5-11-22/h2-3,8-9,15,20H,1,4-7,10-14H2,(H,21,23). The third kappa shape index (κ3) is 5.03. The molecule has 3 rings (SSSR count). The summed E-state index contributed by atoms with van der Waals surface area (Å²) in [4.78, 5) is 26.8. The fourth-order valence-corrected chi connectivity index (χ4v) is 3.39. The van der Waals surface area contributed by atoms with Gasteiger partial charge in [-0.05, 0) is 44.2 Å². The summed E-state index contributed by atoms with van der Waals surface area (Å²) in [5.74, 6) is -0.139. The summed E-state index contributed by atoms with van der Waals surface area (Å²) in [5, 5.41) is 5.99. The largest absolute Gasteiger partial charge is 0.377 e. The Morgan fingerprint density at radius 1 is 1.12 bits per heavy atom. The van der Waals surface area contributed by atoms with Crippen LogP contribution >= 0.6 is 0 Å². The van der Waals surface area contributed by atoms with Gasteiger partial charge in [-0.15, -0.1) is 0 Å². The van der Waals surface area contributed by atoms with Crippen LogP contribution in [0.15, 0.2) is 24.3 Å². The number of carbonyl (C=O) groups is 2. The summed E-state index contributed by atoms with van der Waals surface area (Å²) in [6.45, 7) is 3.30. The van der Waals surface area contributed by atoms with Gasteiger partial charge in [0, 0.05) is 26.2 Å². The minimum absolute atomic E-state index is 0.00270. The van der Waals surface area contributed by atoms with Gasteiger partial charge in [-0.1, -0.05) is 12.1 Å². The van der Waals surface area contributed by atoms with Crippen molar-refractivity contribution in [3.8, 4) is 0 Å². The van der Waals surface area contributed by atoms with Crippen molar-refractivity contribution in [1.29, 1.82) is 0 Å². The van der Waals surface area contributed by atoms with E-state index in [9.17, 15) is 9.59 Å². The fraction of sp³-hybridized carbons (Fsp3) is 0.579. The van der Waals surface area contributed by atoms with Crippen molar-refractivity contribution in [3.05, 3.63) is 29.8 Å². The van der Waals surface area contributed by atoms with Gasteiger partial charge < -0.3 is 20.3 Å². The molecule has 6 heteroatoms. The van der Waals surface area contributed by atoms with Gasteiger partial charge in [0.15, 0.2) is 0 Å². The van der Waals surface area contributed by atoms with E-state index < -0.39 is 0 Å². The molecule has 2 aliphatic heterocycles. The lowest BCUT2D eigenvalue weighted by atomic mass is 10.1. The molecule has 1 aromatic carbocycles. The van der Waals surface area contributed by atoms with Gasteiger partial charge >= 0.3 is 0 Å². The smallest absolute Gasteiger partial charge is 0.255 e. The fourth-order valence-electron chi connectivity index (χ4n) is 3.39. The minimum Gasteiger partial charge on any atom is -0.377 e. The Kier molecular flexibility index (Phi) is 6.42. The van der Waals surface area contributed by atoms with E-state index in [4.69, 9.17) is 4.74 Å². The lowest BCUT2D eigenvalue weighted by molar-refractivity contribution is -0.115. The predicted octanol–water partition coefficient (Wildman–Crippen LogP) is 2.02. The van der Waals surface area contributed by atoms with Crippen molar-refractivity contribution < 1.29 is 14.3 Å². The normalized spacial score (nSPS) is 20.5. The van der Waals surface area contributed by atoms with Gasteiger partial charge in [-0.2, -0.15) is 0 Å². The monoisotopic (exact) mass is 345 g/mol. The third-order valence-electron chi connectivity index (χ3n) is 4.76. The second kappa shape index (κ2) is 8.97. The number of benzene rings is 1. The van der Waals surface area contributed by atoms with Crippen LogP contribution in [0.25, 0.3) is 0 Å². The number of piperidine rings is 1. The molecule has 1 atom stereocenters. The summed E-state index contributed by atoms with van der Waals surface area (Å²) in [6.07, 6.45) is 5.62. The quantitative estimate of drug-likeness (QED) is 0.827. The topological polar surface area (TPSA) is 70.7 Å². The number of rotatable bonds is 6. The molecule has 2 fully saturated rings. The first-order chi connectivity index (χ1) is 12.2. The Hall–Kier alpha value is -1.92. The lowest BCUT2D eigenvalue weighted by Crippen LogP contribution is -2.37. The molecule has 0 spiro atoms. The molecule has 25 heavy (non-hydrogen) atoms. The van der Waals surface area contributed by atoms with Gasteiger partial charge in [0.25, 0.3) is 5.91 Å². The van der Waals surface area contributed by atoms with Gasteiger partial charge in [-0.25, -0.2) is 0 Å². The first-order valence-corrected chi connectivity index (χ1v) is 9.24. The summed E-state index contributed by atoms with van der Waals surface area (Å²) >= 11 is 0. The third-order valence-corrected chi connectivity index (χ3v) is 4.76. The first-order valence-electron chi connectivity index (χ1n) is 9.24. The van der Waals surface area contributed by atoms with Crippen molar-refractivity contribution >= 4 is 17.5 Å². The van der Waals surface area contributed by atoms with Crippen molar-refractivity contribution in [1.82, 2.24) is 10.2 Å². The van der Waals surface area contributed by atoms with Crippen molar-refractivity contribution in [2.45, 2.75) is 38.2 Å². The number of ether oxygens (including phenoxy) is 1. The molecule has 0 aliphatic carbocycles. The molecule has 2 saturated heterocycles. The van der Waals surface area contributed by atoms with Crippen LogP contribution in [0.5, 0.6) is 0 Å². The van der Waals surface area contributed by atoms with Gasteiger partial charge in [0.1, 0.15) is 0 Å². The molecule has 0 saturated carbocycles. The lowest BCUT2D eigenvalue weighted by Gasteiger charge is -2.27. The van der Waals surface area contributed by atoms with Gasteiger partial charge in [-0.3, -0.25) is 9.59 Å². The number of amides is 2. The number of carbonyl (C=O) groups excluding carboxylic acids is 2. The number of para-hydroxylation sites is 1. The van der Waals surface area contributed by atoms with Crippen LogP contribution in [-0.4, -0.2) is 55.6 Å². The van der Waals surface area contributed by atoms with Crippen LogP contribution in [0.3, 0.4) is 0 Å². The molecule has 1 aromatic rings. The predicted molar refractivity (Wildman–Crippen MR) is 96.7 cm³/mol. The van der Waals surface area contributed by atoms with E-state index in [-0.39, 0.29) is 24.5 Å². The van der Waals surface area contributed by atoms with E-state index in [0.717, 1.165) is 45.4 Å². The second-order valence-electron chi connectivity index (χ2n) is 6.71. The highest BCUT2D eigenvalue weighted by atomic mass is 16.5. The number of anilines is 1. The van der Waals surface area contributed by atoms with E-state index in [0.29, 0.717) is 17.8 Å². The van der Waals surface area contributed by atoms with E-state index >= 15 is 0 Å². The van der Waals surface area contributed by atoms with E-state index in [1.165, 1.54) is 6.42 Å². The Bertz CT molecular complexity index is 593. The molecule has 2 heterocycles. The Labute approximate surface area is 148 Å². The SMILES string of the molecule is O=C(CNCC1CCCO1)Nc1ccccc1C(=O)N1CCCCC1. The number of nitrogens with zero attached hydrogens (tertiary/aromatic N) is 1.